The first kappa shape index (κ1) is 20.7. The third-order valence-electron chi connectivity index (χ3n) is 5.08. The van der Waals surface area contributed by atoms with Crippen LogP contribution in [-0.4, -0.2) is 55.1 Å². The Morgan fingerprint density at radius 2 is 1.94 bits per heavy atom. The Balaban J connectivity index is 1.25. The molecule has 2 aliphatic heterocycles. The van der Waals surface area contributed by atoms with Crippen molar-refractivity contribution in [3.8, 4) is 11.5 Å². The summed E-state index contributed by atoms with van der Waals surface area (Å²) in [4.78, 5) is 38.8. The molecule has 164 valence electrons. The van der Waals surface area contributed by atoms with Crippen molar-refractivity contribution in [3.63, 3.8) is 0 Å². The van der Waals surface area contributed by atoms with Crippen LogP contribution in [0, 0.1) is 0 Å². The highest BCUT2D eigenvalue weighted by Crippen LogP contribution is 2.32. The molecular weight excluding hydrogens is 404 g/mol. The third-order valence-corrected chi connectivity index (χ3v) is 5.08. The number of carbonyl (C=O) groups excluding carboxylic acids is 3. The van der Waals surface area contributed by atoms with Crippen LogP contribution in [0.5, 0.6) is 11.5 Å². The molecule has 0 aliphatic carbocycles. The number of benzene rings is 1. The van der Waals surface area contributed by atoms with E-state index in [4.69, 9.17) is 13.9 Å². The van der Waals surface area contributed by atoms with Crippen LogP contribution in [-0.2, 0) is 16.1 Å². The van der Waals surface area contributed by atoms with E-state index in [0.717, 1.165) is 6.42 Å². The van der Waals surface area contributed by atoms with Crippen LogP contribution < -0.4 is 25.4 Å². The van der Waals surface area contributed by atoms with Crippen molar-refractivity contribution in [2.24, 2.45) is 0 Å². The molecule has 0 unspecified atom stereocenters. The molecule has 2 aliphatic rings. The summed E-state index contributed by atoms with van der Waals surface area (Å²) in [6, 6.07) is 7.46. The second kappa shape index (κ2) is 9.52. The average molecular weight is 428 g/mol. The van der Waals surface area contributed by atoms with Gasteiger partial charge in [-0.2, -0.15) is 0 Å². The van der Waals surface area contributed by atoms with Crippen molar-refractivity contribution in [2.45, 2.75) is 25.4 Å². The van der Waals surface area contributed by atoms with Gasteiger partial charge in [0.2, 0.25) is 11.8 Å². The summed E-state index contributed by atoms with van der Waals surface area (Å²) in [5, 5.41) is 7.72. The maximum Gasteiger partial charge on any atom is 0.325 e. The highest BCUT2D eigenvalue weighted by Gasteiger charge is 2.32. The first-order valence-electron chi connectivity index (χ1n) is 10.1. The van der Waals surface area contributed by atoms with Gasteiger partial charge in [0.05, 0.1) is 25.4 Å². The summed E-state index contributed by atoms with van der Waals surface area (Å²) in [6.45, 7) is 1.77. The van der Waals surface area contributed by atoms with Gasteiger partial charge < -0.3 is 24.5 Å². The molecule has 4 rings (SSSR count). The molecule has 3 heterocycles. The number of anilines is 1. The molecule has 4 amide bonds. The molecule has 1 fully saturated rings. The molecule has 10 nitrogen and oxygen atoms in total. The Morgan fingerprint density at radius 1 is 1.10 bits per heavy atom. The molecule has 2 aromatic rings. The average Bonchev–Trinajstić information content (AvgIpc) is 3.44. The zero-order valence-corrected chi connectivity index (χ0v) is 16.9. The lowest BCUT2D eigenvalue weighted by Crippen LogP contribution is -2.48. The molecule has 10 heteroatoms. The highest BCUT2D eigenvalue weighted by atomic mass is 16.6. The van der Waals surface area contributed by atoms with Crippen molar-refractivity contribution >= 4 is 23.5 Å². The quantitative estimate of drug-likeness (QED) is 0.637. The Bertz CT molecular complexity index is 945. The molecule has 0 bridgehead atoms. The molecule has 31 heavy (non-hydrogen) atoms. The Labute approximate surface area is 178 Å². The zero-order chi connectivity index (χ0) is 21.6. The number of carbonyl (C=O) groups is 3. The molecule has 1 atom stereocenters. The van der Waals surface area contributed by atoms with E-state index in [1.807, 2.05) is 0 Å². The number of imide groups is 1. The third kappa shape index (κ3) is 5.34. The lowest BCUT2D eigenvalue weighted by Gasteiger charge is -2.22. The van der Waals surface area contributed by atoms with Crippen LogP contribution in [0.25, 0.3) is 0 Å². The largest absolute Gasteiger partial charge is 0.486 e. The van der Waals surface area contributed by atoms with Gasteiger partial charge >= 0.3 is 6.03 Å². The topological polar surface area (TPSA) is 122 Å². The van der Waals surface area contributed by atoms with E-state index in [1.54, 1.807) is 41.5 Å². The number of nitrogens with one attached hydrogen (secondary N) is 3. The van der Waals surface area contributed by atoms with Crippen molar-refractivity contribution in [2.75, 3.05) is 31.6 Å². The lowest BCUT2D eigenvalue weighted by atomic mass is 10.2. The minimum atomic E-state index is -0.653. The minimum absolute atomic E-state index is 0.0482. The fraction of sp³-hybridized carbons (Fsp3) is 0.381. The number of nitrogens with zero attached hydrogens (tertiary/aromatic N) is 1. The van der Waals surface area contributed by atoms with Crippen LogP contribution in [0.4, 0.5) is 10.5 Å². The maximum absolute atomic E-state index is 12.5. The van der Waals surface area contributed by atoms with Gasteiger partial charge in [0.15, 0.2) is 11.5 Å². The van der Waals surface area contributed by atoms with Gasteiger partial charge in [-0.15, -0.1) is 0 Å². The van der Waals surface area contributed by atoms with E-state index in [0.29, 0.717) is 55.7 Å². The number of rotatable bonds is 6. The summed E-state index contributed by atoms with van der Waals surface area (Å²) >= 11 is 0. The van der Waals surface area contributed by atoms with Crippen molar-refractivity contribution in [3.05, 3.63) is 42.4 Å². The van der Waals surface area contributed by atoms with Gasteiger partial charge in [-0.1, -0.05) is 0 Å². The van der Waals surface area contributed by atoms with Crippen molar-refractivity contribution in [1.29, 1.82) is 0 Å². The smallest absolute Gasteiger partial charge is 0.325 e. The minimum Gasteiger partial charge on any atom is -0.486 e. The molecular formula is C21H24N4O6. The molecule has 3 N–H and O–H groups in total. The fourth-order valence-corrected chi connectivity index (χ4v) is 3.65. The summed E-state index contributed by atoms with van der Waals surface area (Å²) in [6.07, 6.45) is 3.00. The zero-order valence-electron chi connectivity index (χ0n) is 16.9. The van der Waals surface area contributed by atoms with E-state index in [2.05, 4.69) is 16.0 Å². The predicted molar refractivity (Wildman–Crippen MR) is 110 cm³/mol. The van der Waals surface area contributed by atoms with Crippen LogP contribution in [0.1, 0.15) is 18.6 Å². The van der Waals surface area contributed by atoms with E-state index < -0.39 is 18.0 Å². The van der Waals surface area contributed by atoms with E-state index >= 15 is 0 Å². The molecule has 1 aromatic heterocycles. The number of hydrogen-bond donors (Lipinski definition) is 3. The monoisotopic (exact) mass is 428 g/mol. The predicted octanol–water partition coefficient (Wildman–Crippen LogP) is 1.48. The van der Waals surface area contributed by atoms with Crippen molar-refractivity contribution < 1.29 is 28.3 Å². The molecule has 0 saturated carbocycles. The van der Waals surface area contributed by atoms with Gasteiger partial charge in [-0.25, -0.2) is 4.79 Å². The van der Waals surface area contributed by atoms with Crippen LogP contribution in [0.3, 0.4) is 0 Å². The van der Waals surface area contributed by atoms with Gasteiger partial charge in [-0.05, 0) is 43.7 Å². The summed E-state index contributed by atoms with van der Waals surface area (Å²) in [5.74, 6) is 1.16. The van der Waals surface area contributed by atoms with E-state index in [1.165, 1.54) is 0 Å². The second-order valence-electron chi connectivity index (χ2n) is 7.29. The SMILES string of the molecule is O=C(CN1CCC[C@H]1C(=O)NCc1ccco1)NC(=O)Nc1ccc2c(c1)OCCO2. The fourth-order valence-electron chi connectivity index (χ4n) is 3.65. The highest BCUT2D eigenvalue weighted by molar-refractivity contribution is 6.02. The Morgan fingerprint density at radius 3 is 2.74 bits per heavy atom. The number of ether oxygens (including phenoxy) is 2. The van der Waals surface area contributed by atoms with Crippen molar-refractivity contribution in [1.82, 2.24) is 15.5 Å². The lowest BCUT2D eigenvalue weighted by molar-refractivity contribution is -0.127. The number of fused-ring (bicyclic) bond motifs is 1. The Kier molecular flexibility index (Phi) is 6.37. The van der Waals surface area contributed by atoms with Gasteiger partial charge in [0.1, 0.15) is 19.0 Å². The molecule has 0 radical (unpaired) electrons. The summed E-state index contributed by atoms with van der Waals surface area (Å²) < 4.78 is 16.1. The number of furan rings is 1. The number of hydrogen-bond acceptors (Lipinski definition) is 7. The number of amides is 4. The summed E-state index contributed by atoms with van der Waals surface area (Å²) in [5.41, 5.74) is 0.478. The van der Waals surface area contributed by atoms with Crippen LogP contribution in [0.15, 0.2) is 41.0 Å². The van der Waals surface area contributed by atoms with E-state index in [9.17, 15) is 14.4 Å². The van der Waals surface area contributed by atoms with Gasteiger partial charge in [0.25, 0.3) is 0 Å². The number of urea groups is 1. The maximum atomic E-state index is 12.5. The van der Waals surface area contributed by atoms with E-state index in [-0.39, 0.29) is 12.5 Å². The van der Waals surface area contributed by atoms with Crippen LogP contribution in [0.2, 0.25) is 0 Å². The summed E-state index contributed by atoms with van der Waals surface area (Å²) in [7, 11) is 0. The van der Waals surface area contributed by atoms with Crippen LogP contribution >= 0.6 is 0 Å². The molecule has 1 aromatic carbocycles. The molecule has 0 spiro atoms. The second-order valence-corrected chi connectivity index (χ2v) is 7.29. The number of likely N-dealkylation sites (tertiary alicyclic amines) is 1. The standard InChI is InChI=1S/C21H24N4O6/c26-19(24-21(28)23-14-5-6-17-18(11-14)31-10-9-30-17)13-25-7-1-4-16(25)20(27)22-12-15-3-2-8-29-15/h2-3,5-6,8,11,16H,1,4,7,9-10,12-13H2,(H,22,27)(H2,23,24,26,28)/t16-/m0/s1. The molecule has 1 saturated heterocycles. The Hall–Kier alpha value is -3.53. The normalized spacial score (nSPS) is 17.7. The van der Waals surface area contributed by atoms with Gasteiger partial charge in [0, 0.05) is 11.8 Å². The van der Waals surface area contributed by atoms with Gasteiger partial charge in [-0.3, -0.25) is 19.8 Å². The first-order valence-corrected chi connectivity index (χ1v) is 10.1. The first-order chi connectivity index (χ1) is 15.1.